The predicted molar refractivity (Wildman–Crippen MR) is 62.3 cm³/mol. The first-order chi connectivity index (χ1) is 8.42. The lowest BCUT2D eigenvalue weighted by Crippen LogP contribution is -2.26. The largest absolute Gasteiger partial charge is 0.299 e. The predicted octanol–water partition coefficient (Wildman–Crippen LogP) is 0.422. The van der Waals surface area contributed by atoms with Gasteiger partial charge in [0.15, 0.2) is 0 Å². The molecule has 0 aliphatic carbocycles. The molecule has 1 aliphatic heterocycles. The van der Waals surface area contributed by atoms with Crippen LogP contribution in [0.25, 0.3) is 0 Å². The van der Waals surface area contributed by atoms with Gasteiger partial charge in [0, 0.05) is 32.0 Å². The average Bonchev–Trinajstić information content (AvgIpc) is 3.09. The van der Waals surface area contributed by atoms with Crippen molar-refractivity contribution in [3.8, 4) is 0 Å². The Hall–Kier alpha value is -1.69. The molecule has 1 unspecified atom stereocenters. The van der Waals surface area contributed by atoms with Gasteiger partial charge in [-0.2, -0.15) is 10.2 Å². The second kappa shape index (κ2) is 4.67. The maximum absolute atomic E-state index is 4.31. The molecular formula is C11H16N6. The molecule has 0 saturated carbocycles. The van der Waals surface area contributed by atoms with Crippen molar-refractivity contribution in [2.24, 2.45) is 0 Å². The van der Waals surface area contributed by atoms with Crippen LogP contribution in [-0.4, -0.2) is 49.1 Å². The van der Waals surface area contributed by atoms with Gasteiger partial charge in [0.05, 0.1) is 12.6 Å². The lowest BCUT2D eigenvalue weighted by atomic mass is 10.3. The van der Waals surface area contributed by atoms with Crippen LogP contribution >= 0.6 is 0 Å². The third kappa shape index (κ3) is 2.36. The molecule has 0 radical (unpaired) electrons. The second-order valence-corrected chi connectivity index (χ2v) is 4.39. The first-order valence-corrected chi connectivity index (χ1v) is 5.96. The summed E-state index contributed by atoms with van der Waals surface area (Å²) in [6, 6.07) is 2.51. The quantitative estimate of drug-likeness (QED) is 0.766. The Morgan fingerprint density at radius 2 is 2.24 bits per heavy atom. The minimum Gasteiger partial charge on any atom is -0.299 e. The van der Waals surface area contributed by atoms with Gasteiger partial charge in [0.2, 0.25) is 0 Å². The van der Waals surface area contributed by atoms with Crippen LogP contribution in [0.4, 0.5) is 0 Å². The van der Waals surface area contributed by atoms with Gasteiger partial charge in [-0.1, -0.05) is 0 Å². The summed E-state index contributed by atoms with van der Waals surface area (Å²) in [5.74, 6) is 0. The molecular weight excluding hydrogens is 216 g/mol. The number of rotatable bonds is 4. The number of aromatic nitrogens is 5. The van der Waals surface area contributed by atoms with Gasteiger partial charge in [-0.25, -0.2) is 4.98 Å². The molecule has 6 heteroatoms. The fraction of sp³-hybridized carbons (Fsp3) is 0.545. The third-order valence-corrected chi connectivity index (χ3v) is 3.26. The Labute approximate surface area is 99.9 Å². The van der Waals surface area contributed by atoms with E-state index < -0.39 is 0 Å². The SMILES string of the molecule is c1cnn(C2CCN(CCn3cncn3)C2)c1. The van der Waals surface area contributed by atoms with Gasteiger partial charge >= 0.3 is 0 Å². The maximum Gasteiger partial charge on any atom is 0.137 e. The van der Waals surface area contributed by atoms with Crippen molar-refractivity contribution < 1.29 is 0 Å². The van der Waals surface area contributed by atoms with Crippen LogP contribution in [0.1, 0.15) is 12.5 Å². The molecule has 90 valence electrons. The van der Waals surface area contributed by atoms with E-state index in [1.165, 1.54) is 6.42 Å². The Balaban J connectivity index is 1.51. The van der Waals surface area contributed by atoms with Crippen LogP contribution in [0, 0.1) is 0 Å². The molecule has 17 heavy (non-hydrogen) atoms. The average molecular weight is 232 g/mol. The van der Waals surface area contributed by atoms with Crippen molar-refractivity contribution in [3.05, 3.63) is 31.1 Å². The number of hydrogen-bond acceptors (Lipinski definition) is 4. The Kier molecular flexibility index (Phi) is 2.87. The Morgan fingerprint density at radius 1 is 1.24 bits per heavy atom. The van der Waals surface area contributed by atoms with Crippen LogP contribution in [0.2, 0.25) is 0 Å². The van der Waals surface area contributed by atoms with Crippen molar-refractivity contribution >= 4 is 0 Å². The molecule has 2 aromatic rings. The summed E-state index contributed by atoms with van der Waals surface area (Å²) >= 11 is 0. The van der Waals surface area contributed by atoms with Crippen LogP contribution < -0.4 is 0 Å². The molecule has 6 nitrogen and oxygen atoms in total. The summed E-state index contributed by atoms with van der Waals surface area (Å²) < 4.78 is 3.94. The van der Waals surface area contributed by atoms with Gasteiger partial charge < -0.3 is 0 Å². The second-order valence-electron chi connectivity index (χ2n) is 4.39. The number of likely N-dealkylation sites (tertiary alicyclic amines) is 1. The van der Waals surface area contributed by atoms with E-state index in [4.69, 9.17) is 0 Å². The summed E-state index contributed by atoms with van der Waals surface area (Å²) in [6.07, 6.45) is 8.42. The van der Waals surface area contributed by atoms with E-state index in [-0.39, 0.29) is 0 Å². The molecule has 3 rings (SSSR count). The third-order valence-electron chi connectivity index (χ3n) is 3.26. The summed E-state index contributed by atoms with van der Waals surface area (Å²) in [5, 5.41) is 8.41. The van der Waals surface area contributed by atoms with Gasteiger partial charge in [0.1, 0.15) is 12.7 Å². The fourth-order valence-corrected chi connectivity index (χ4v) is 2.32. The lowest BCUT2D eigenvalue weighted by molar-refractivity contribution is 0.299. The fourth-order valence-electron chi connectivity index (χ4n) is 2.32. The minimum absolute atomic E-state index is 0.528. The van der Waals surface area contributed by atoms with Crippen LogP contribution in [0.5, 0.6) is 0 Å². The number of nitrogens with zero attached hydrogens (tertiary/aromatic N) is 6. The van der Waals surface area contributed by atoms with Crippen molar-refractivity contribution in [3.63, 3.8) is 0 Å². The normalized spacial score (nSPS) is 21.1. The summed E-state index contributed by atoms with van der Waals surface area (Å²) in [6.45, 7) is 4.16. The van der Waals surface area contributed by atoms with Crippen molar-refractivity contribution in [1.29, 1.82) is 0 Å². The number of hydrogen-bond donors (Lipinski definition) is 0. The molecule has 0 amide bonds. The molecule has 3 heterocycles. The zero-order valence-corrected chi connectivity index (χ0v) is 9.68. The molecule has 1 saturated heterocycles. The van der Waals surface area contributed by atoms with Crippen molar-refractivity contribution in [1.82, 2.24) is 29.4 Å². The summed E-state index contributed by atoms with van der Waals surface area (Å²) in [7, 11) is 0. The van der Waals surface area contributed by atoms with Crippen molar-refractivity contribution in [2.45, 2.75) is 19.0 Å². The van der Waals surface area contributed by atoms with Gasteiger partial charge in [-0.05, 0) is 12.5 Å². The van der Waals surface area contributed by atoms with E-state index in [0.29, 0.717) is 6.04 Å². The highest BCUT2D eigenvalue weighted by molar-refractivity contribution is 4.86. The van der Waals surface area contributed by atoms with E-state index in [1.807, 2.05) is 23.1 Å². The summed E-state index contributed by atoms with van der Waals surface area (Å²) in [5.41, 5.74) is 0. The Morgan fingerprint density at radius 3 is 3.00 bits per heavy atom. The smallest absolute Gasteiger partial charge is 0.137 e. The van der Waals surface area contributed by atoms with E-state index in [0.717, 1.165) is 26.2 Å². The van der Waals surface area contributed by atoms with Gasteiger partial charge in [-0.3, -0.25) is 14.3 Å². The van der Waals surface area contributed by atoms with E-state index in [9.17, 15) is 0 Å². The first kappa shape index (κ1) is 10.5. The van der Waals surface area contributed by atoms with E-state index >= 15 is 0 Å². The molecule has 1 atom stereocenters. The highest BCUT2D eigenvalue weighted by Gasteiger charge is 2.23. The van der Waals surface area contributed by atoms with Crippen LogP contribution in [0.15, 0.2) is 31.1 Å². The molecule has 0 N–H and O–H groups in total. The molecule has 0 aromatic carbocycles. The van der Waals surface area contributed by atoms with Crippen molar-refractivity contribution in [2.75, 3.05) is 19.6 Å². The molecule has 0 spiro atoms. The van der Waals surface area contributed by atoms with E-state index in [2.05, 4.69) is 24.8 Å². The molecule has 1 aliphatic rings. The monoisotopic (exact) mass is 232 g/mol. The first-order valence-electron chi connectivity index (χ1n) is 5.96. The minimum atomic E-state index is 0.528. The molecule has 0 bridgehead atoms. The van der Waals surface area contributed by atoms with Crippen LogP contribution in [0.3, 0.4) is 0 Å². The zero-order valence-electron chi connectivity index (χ0n) is 9.68. The van der Waals surface area contributed by atoms with Crippen LogP contribution in [-0.2, 0) is 6.54 Å². The van der Waals surface area contributed by atoms with E-state index in [1.54, 1.807) is 12.7 Å². The highest BCUT2D eigenvalue weighted by Crippen LogP contribution is 2.19. The maximum atomic E-state index is 4.31. The standard InChI is InChI=1S/C11H16N6/c1-3-13-17(4-1)11-2-5-15(8-11)6-7-16-10-12-9-14-16/h1,3-4,9-11H,2,5-8H2. The molecule has 1 fully saturated rings. The molecule has 2 aromatic heterocycles. The lowest BCUT2D eigenvalue weighted by Gasteiger charge is -2.15. The summed E-state index contributed by atoms with van der Waals surface area (Å²) in [4.78, 5) is 6.39. The Bertz CT molecular complexity index is 434. The van der Waals surface area contributed by atoms with Gasteiger partial charge in [0.25, 0.3) is 0 Å². The van der Waals surface area contributed by atoms with Gasteiger partial charge in [-0.15, -0.1) is 0 Å². The highest BCUT2D eigenvalue weighted by atomic mass is 15.3. The topological polar surface area (TPSA) is 51.8 Å². The zero-order chi connectivity index (χ0) is 11.5.